The van der Waals surface area contributed by atoms with E-state index in [9.17, 15) is 4.79 Å². The zero-order valence-electron chi connectivity index (χ0n) is 15.4. The average Bonchev–Trinajstić information content (AvgIpc) is 2.98. The molecule has 0 fully saturated rings. The highest BCUT2D eigenvalue weighted by molar-refractivity contribution is 8.00. The lowest BCUT2D eigenvalue weighted by molar-refractivity contribution is -0.102. The molecule has 0 atom stereocenters. The Balaban J connectivity index is 2.56. The van der Waals surface area contributed by atoms with Crippen molar-refractivity contribution < 1.29 is 14.6 Å². The number of fused-ring (bicyclic) bond motifs is 1. The molecule has 7 nitrogen and oxygen atoms in total. The van der Waals surface area contributed by atoms with Crippen molar-refractivity contribution in [2.45, 2.75) is 30.4 Å². The second-order valence-corrected chi connectivity index (χ2v) is 8.41. The third-order valence-corrected chi connectivity index (χ3v) is 4.49. The standard InChI is InChI=1S/C18H24N4O3S/c1-18(2,3)26-17-8-15-13(14(19)7-12(11-24)20-4)9-21-22(15)10-16(17)25-6-5-23/h7-11,23H,5-6,19H2,1-4H3/b14-7-,20-12?. The Hall–Kier alpha value is -2.32. The number of carbonyl (C=O) groups excluding carboxylic acids is 1. The molecule has 0 aromatic carbocycles. The molecule has 8 heteroatoms. The van der Waals surface area contributed by atoms with E-state index >= 15 is 0 Å². The summed E-state index contributed by atoms with van der Waals surface area (Å²) in [6.07, 6.45) is 5.59. The summed E-state index contributed by atoms with van der Waals surface area (Å²) in [5.74, 6) is 0.646. The van der Waals surface area contributed by atoms with E-state index in [0.29, 0.717) is 23.3 Å². The molecule has 26 heavy (non-hydrogen) atoms. The van der Waals surface area contributed by atoms with Gasteiger partial charge in [-0.2, -0.15) is 5.10 Å². The fourth-order valence-corrected chi connectivity index (χ4v) is 3.32. The Kier molecular flexibility index (Phi) is 6.44. The second-order valence-electron chi connectivity index (χ2n) is 6.54. The molecule has 0 radical (unpaired) electrons. The van der Waals surface area contributed by atoms with Gasteiger partial charge in [0.05, 0.1) is 35.1 Å². The molecule has 2 aromatic heterocycles. The van der Waals surface area contributed by atoms with Crippen molar-refractivity contribution in [1.82, 2.24) is 9.61 Å². The molecular weight excluding hydrogens is 352 g/mol. The molecule has 0 spiro atoms. The van der Waals surface area contributed by atoms with Gasteiger partial charge in [-0.05, 0) is 12.1 Å². The number of hydrogen-bond acceptors (Lipinski definition) is 7. The van der Waals surface area contributed by atoms with Crippen molar-refractivity contribution in [2.24, 2.45) is 10.7 Å². The fraction of sp³-hybridized carbons (Fsp3) is 0.389. The fourth-order valence-electron chi connectivity index (χ4n) is 2.27. The van der Waals surface area contributed by atoms with Crippen LogP contribution in [0.2, 0.25) is 0 Å². The van der Waals surface area contributed by atoms with Crippen molar-refractivity contribution >= 4 is 35.0 Å². The van der Waals surface area contributed by atoms with E-state index in [1.807, 2.05) is 6.07 Å². The number of aliphatic hydroxyl groups excluding tert-OH is 1. The van der Waals surface area contributed by atoms with E-state index in [2.05, 4.69) is 30.9 Å². The van der Waals surface area contributed by atoms with Crippen molar-refractivity contribution in [3.8, 4) is 5.75 Å². The normalized spacial score (nSPS) is 13.3. The summed E-state index contributed by atoms with van der Waals surface area (Å²) < 4.78 is 7.30. The van der Waals surface area contributed by atoms with Gasteiger partial charge in [-0.25, -0.2) is 4.52 Å². The van der Waals surface area contributed by atoms with Crippen LogP contribution in [0, 0.1) is 0 Å². The van der Waals surface area contributed by atoms with Crippen LogP contribution in [0.5, 0.6) is 5.75 Å². The number of nitrogens with two attached hydrogens (primary N) is 1. The van der Waals surface area contributed by atoms with Crippen LogP contribution in [0.25, 0.3) is 11.2 Å². The Morgan fingerprint density at radius 1 is 1.50 bits per heavy atom. The third-order valence-electron chi connectivity index (χ3n) is 3.34. The van der Waals surface area contributed by atoms with Gasteiger partial charge in [0.15, 0.2) is 12.0 Å². The molecule has 0 aliphatic heterocycles. The summed E-state index contributed by atoms with van der Waals surface area (Å²) in [6.45, 7) is 6.46. The van der Waals surface area contributed by atoms with Gasteiger partial charge in [-0.15, -0.1) is 11.8 Å². The third kappa shape index (κ3) is 4.86. The van der Waals surface area contributed by atoms with E-state index in [-0.39, 0.29) is 23.7 Å². The molecule has 140 valence electrons. The van der Waals surface area contributed by atoms with E-state index in [0.717, 1.165) is 10.4 Å². The Labute approximate surface area is 156 Å². The number of thioether (sulfide) groups is 1. The van der Waals surface area contributed by atoms with Crippen LogP contribution in [0.15, 0.2) is 34.4 Å². The van der Waals surface area contributed by atoms with E-state index in [4.69, 9.17) is 15.6 Å². The van der Waals surface area contributed by atoms with Crippen LogP contribution in [-0.2, 0) is 4.79 Å². The first-order chi connectivity index (χ1) is 12.3. The molecule has 0 amide bonds. The smallest absolute Gasteiger partial charge is 0.168 e. The molecule has 0 aliphatic rings. The zero-order chi connectivity index (χ0) is 19.3. The molecule has 2 rings (SSSR count). The number of aliphatic hydroxyl groups is 1. The number of ether oxygens (including phenoxy) is 1. The molecule has 0 saturated carbocycles. The minimum absolute atomic E-state index is 0.0310. The summed E-state index contributed by atoms with van der Waals surface area (Å²) >= 11 is 1.65. The molecule has 2 aromatic rings. The number of rotatable bonds is 7. The van der Waals surface area contributed by atoms with Crippen LogP contribution in [0.4, 0.5) is 0 Å². The number of allylic oxidation sites excluding steroid dienone is 1. The number of nitrogens with zero attached hydrogens (tertiary/aromatic N) is 3. The predicted molar refractivity (Wildman–Crippen MR) is 105 cm³/mol. The number of aldehydes is 1. The van der Waals surface area contributed by atoms with Crippen molar-refractivity contribution in [3.05, 3.63) is 30.1 Å². The molecule has 3 N–H and O–H groups in total. The molecule has 0 bridgehead atoms. The lowest BCUT2D eigenvalue weighted by Gasteiger charge is -2.20. The zero-order valence-corrected chi connectivity index (χ0v) is 16.2. The monoisotopic (exact) mass is 376 g/mol. The highest BCUT2D eigenvalue weighted by Gasteiger charge is 2.19. The average molecular weight is 376 g/mol. The maximum atomic E-state index is 11.0. The van der Waals surface area contributed by atoms with E-state index < -0.39 is 0 Å². The van der Waals surface area contributed by atoms with Gasteiger partial charge in [-0.3, -0.25) is 9.79 Å². The molecule has 0 saturated heterocycles. The van der Waals surface area contributed by atoms with Crippen LogP contribution < -0.4 is 10.5 Å². The minimum atomic E-state index is -0.0669. The molecule has 2 heterocycles. The largest absolute Gasteiger partial charge is 0.488 e. The van der Waals surface area contributed by atoms with Gasteiger partial charge in [0.2, 0.25) is 0 Å². The number of aromatic nitrogens is 2. The number of pyridine rings is 1. The number of carbonyl (C=O) groups is 1. The van der Waals surface area contributed by atoms with E-state index in [1.165, 1.54) is 13.1 Å². The highest BCUT2D eigenvalue weighted by Crippen LogP contribution is 2.39. The first-order valence-electron chi connectivity index (χ1n) is 8.12. The van der Waals surface area contributed by atoms with Crippen molar-refractivity contribution in [3.63, 3.8) is 0 Å². The van der Waals surface area contributed by atoms with Gasteiger partial charge in [0.1, 0.15) is 6.61 Å². The summed E-state index contributed by atoms with van der Waals surface area (Å²) in [4.78, 5) is 15.8. The SMILES string of the molecule is CN=C(C=O)/C=C(\N)c1cnn2cc(OCCO)c(SC(C)(C)C)cc12. The Bertz CT molecular complexity index is 850. The second kappa shape index (κ2) is 8.37. The maximum absolute atomic E-state index is 11.0. The Morgan fingerprint density at radius 3 is 2.81 bits per heavy atom. The van der Waals surface area contributed by atoms with E-state index in [1.54, 1.807) is 28.7 Å². The van der Waals surface area contributed by atoms with Crippen LogP contribution in [-0.4, -0.2) is 51.7 Å². The lowest BCUT2D eigenvalue weighted by atomic mass is 10.1. The van der Waals surface area contributed by atoms with Gasteiger partial charge in [-0.1, -0.05) is 20.8 Å². The van der Waals surface area contributed by atoms with Crippen molar-refractivity contribution in [1.29, 1.82) is 0 Å². The van der Waals surface area contributed by atoms with Gasteiger partial charge < -0.3 is 15.6 Å². The molecule has 0 unspecified atom stereocenters. The molecular formula is C18H24N4O3S. The topological polar surface area (TPSA) is 102 Å². The lowest BCUT2D eigenvalue weighted by Crippen LogP contribution is -2.09. The van der Waals surface area contributed by atoms with Gasteiger partial charge >= 0.3 is 0 Å². The van der Waals surface area contributed by atoms with Crippen LogP contribution in [0.3, 0.4) is 0 Å². The number of hydrogen-bond donors (Lipinski definition) is 2. The minimum Gasteiger partial charge on any atom is -0.488 e. The maximum Gasteiger partial charge on any atom is 0.168 e. The Morgan fingerprint density at radius 2 is 2.23 bits per heavy atom. The number of aliphatic imine (C=N–C) groups is 1. The summed E-state index contributed by atoms with van der Waals surface area (Å²) in [6, 6.07) is 1.95. The quantitative estimate of drug-likeness (QED) is 0.436. The van der Waals surface area contributed by atoms with Crippen LogP contribution in [0.1, 0.15) is 26.3 Å². The van der Waals surface area contributed by atoms with Gasteiger partial charge in [0, 0.05) is 23.1 Å². The van der Waals surface area contributed by atoms with Crippen molar-refractivity contribution in [2.75, 3.05) is 20.3 Å². The molecule has 0 aliphatic carbocycles. The summed E-state index contributed by atoms with van der Waals surface area (Å²) in [5.41, 5.74) is 8.32. The van der Waals surface area contributed by atoms with Crippen LogP contribution >= 0.6 is 11.8 Å². The predicted octanol–water partition coefficient (Wildman–Crippen LogP) is 2.17. The van der Waals surface area contributed by atoms with Gasteiger partial charge in [0.25, 0.3) is 0 Å². The highest BCUT2D eigenvalue weighted by atomic mass is 32.2. The summed E-state index contributed by atoms with van der Waals surface area (Å²) in [7, 11) is 1.53. The summed E-state index contributed by atoms with van der Waals surface area (Å²) in [5, 5.41) is 13.4. The first kappa shape index (κ1) is 20.0. The first-order valence-corrected chi connectivity index (χ1v) is 8.94.